The van der Waals surface area contributed by atoms with Crippen LogP contribution < -0.4 is 20.3 Å². The Bertz CT molecular complexity index is 1060. The normalized spacial score (nSPS) is 12.5. The standard InChI is InChI=1S/C19H16BFN4O3/c1-10-4-15-16(28-3-2-27-15)6-12(10)14-8-23-17(9-22-14)25-19(26)18-13(21)5-11(20)7-24-18/h4-9H,2-3,20H2,1H3,(H,23,25,26). The number of aryl methyl sites for hydroxylation is 1. The molecule has 1 aliphatic heterocycles. The van der Waals surface area contributed by atoms with Crippen molar-refractivity contribution in [1.29, 1.82) is 0 Å². The SMILES string of the molecule is Bc1cnc(C(=O)Nc2cnc(-c3cc4c(cc3C)OCCO4)cn2)c(F)c1. The van der Waals surface area contributed by atoms with E-state index in [0.717, 1.165) is 11.1 Å². The van der Waals surface area contributed by atoms with Gasteiger partial charge in [0.1, 0.15) is 21.1 Å². The second kappa shape index (κ2) is 7.26. The highest BCUT2D eigenvalue weighted by Gasteiger charge is 2.17. The predicted octanol–water partition coefficient (Wildman–Crippen LogP) is 1.27. The lowest BCUT2D eigenvalue weighted by Crippen LogP contribution is -2.19. The first-order valence-electron chi connectivity index (χ1n) is 8.67. The summed E-state index contributed by atoms with van der Waals surface area (Å²) >= 11 is 0. The molecule has 0 unspecified atom stereocenters. The van der Waals surface area contributed by atoms with Gasteiger partial charge in [0.2, 0.25) is 0 Å². The molecule has 3 heterocycles. The predicted molar refractivity (Wildman–Crippen MR) is 104 cm³/mol. The summed E-state index contributed by atoms with van der Waals surface area (Å²) in [5, 5.41) is 2.50. The number of nitrogens with one attached hydrogen (secondary N) is 1. The molecular weight excluding hydrogens is 362 g/mol. The zero-order valence-corrected chi connectivity index (χ0v) is 15.3. The Morgan fingerprint density at radius 1 is 1.07 bits per heavy atom. The van der Waals surface area contributed by atoms with Gasteiger partial charge in [-0.1, -0.05) is 5.46 Å². The number of halogens is 1. The molecule has 9 heteroatoms. The van der Waals surface area contributed by atoms with E-state index in [1.165, 1.54) is 24.7 Å². The fourth-order valence-corrected chi connectivity index (χ4v) is 2.87. The Morgan fingerprint density at radius 3 is 2.50 bits per heavy atom. The molecule has 2 aromatic heterocycles. The smallest absolute Gasteiger partial charge is 0.278 e. The first kappa shape index (κ1) is 17.9. The Hall–Kier alpha value is -3.49. The second-order valence-corrected chi connectivity index (χ2v) is 6.39. The van der Waals surface area contributed by atoms with Crippen LogP contribution >= 0.6 is 0 Å². The average molecular weight is 378 g/mol. The number of ether oxygens (including phenoxy) is 2. The molecule has 0 spiro atoms. The molecule has 0 saturated heterocycles. The van der Waals surface area contributed by atoms with E-state index in [2.05, 4.69) is 20.3 Å². The summed E-state index contributed by atoms with van der Waals surface area (Å²) in [5.74, 6) is 0.193. The number of benzene rings is 1. The first-order chi connectivity index (χ1) is 13.5. The van der Waals surface area contributed by atoms with Crippen molar-refractivity contribution in [2.24, 2.45) is 0 Å². The van der Waals surface area contributed by atoms with Crippen molar-refractivity contribution >= 4 is 25.0 Å². The molecule has 4 rings (SSSR count). The number of nitrogens with zero attached hydrogens (tertiary/aromatic N) is 3. The maximum absolute atomic E-state index is 13.9. The number of anilines is 1. The first-order valence-corrected chi connectivity index (χ1v) is 8.67. The highest BCUT2D eigenvalue weighted by molar-refractivity contribution is 6.32. The number of carbonyl (C=O) groups excluding carboxylic acids is 1. The van der Waals surface area contributed by atoms with E-state index in [1.807, 2.05) is 19.1 Å². The maximum Gasteiger partial charge on any atom is 0.278 e. The molecule has 0 aliphatic carbocycles. The Labute approximate surface area is 161 Å². The largest absolute Gasteiger partial charge is 0.486 e. The lowest BCUT2D eigenvalue weighted by Gasteiger charge is -2.20. The van der Waals surface area contributed by atoms with Crippen LogP contribution in [0.2, 0.25) is 0 Å². The second-order valence-electron chi connectivity index (χ2n) is 6.39. The highest BCUT2D eigenvalue weighted by Crippen LogP contribution is 2.36. The van der Waals surface area contributed by atoms with E-state index >= 15 is 0 Å². The number of amides is 1. The van der Waals surface area contributed by atoms with Crippen LogP contribution in [0.5, 0.6) is 11.5 Å². The van der Waals surface area contributed by atoms with Gasteiger partial charge in [0.15, 0.2) is 28.8 Å². The Morgan fingerprint density at radius 2 is 1.82 bits per heavy atom. The quantitative estimate of drug-likeness (QED) is 0.691. The minimum atomic E-state index is -0.686. The third kappa shape index (κ3) is 3.51. The summed E-state index contributed by atoms with van der Waals surface area (Å²) in [5.41, 5.74) is 2.77. The molecule has 1 amide bonds. The van der Waals surface area contributed by atoms with Gasteiger partial charge in [0.05, 0.1) is 18.1 Å². The molecule has 0 bridgehead atoms. The van der Waals surface area contributed by atoms with Crippen LogP contribution in [0.1, 0.15) is 16.1 Å². The van der Waals surface area contributed by atoms with E-state index < -0.39 is 11.7 Å². The van der Waals surface area contributed by atoms with Crippen molar-refractivity contribution < 1.29 is 18.7 Å². The number of fused-ring (bicyclic) bond motifs is 1. The van der Waals surface area contributed by atoms with Crippen molar-refractivity contribution in [2.75, 3.05) is 18.5 Å². The molecule has 0 radical (unpaired) electrons. The molecule has 0 saturated carbocycles. The van der Waals surface area contributed by atoms with Crippen LogP contribution in [-0.4, -0.2) is 41.9 Å². The van der Waals surface area contributed by atoms with Gasteiger partial charge in [0, 0.05) is 11.8 Å². The third-order valence-corrected chi connectivity index (χ3v) is 4.25. The van der Waals surface area contributed by atoms with Crippen molar-refractivity contribution in [1.82, 2.24) is 15.0 Å². The van der Waals surface area contributed by atoms with Gasteiger partial charge in [0.25, 0.3) is 5.91 Å². The van der Waals surface area contributed by atoms with Crippen molar-refractivity contribution in [3.05, 3.63) is 53.9 Å². The summed E-state index contributed by atoms with van der Waals surface area (Å²) in [6, 6.07) is 5.01. The van der Waals surface area contributed by atoms with Crippen LogP contribution in [-0.2, 0) is 0 Å². The number of carbonyl (C=O) groups is 1. The lowest BCUT2D eigenvalue weighted by atomic mass is 9.98. The molecule has 0 fully saturated rings. The Balaban J connectivity index is 1.55. The van der Waals surface area contributed by atoms with Gasteiger partial charge in [-0.15, -0.1) is 0 Å². The minimum absolute atomic E-state index is 0.200. The van der Waals surface area contributed by atoms with Crippen LogP contribution in [0.4, 0.5) is 10.2 Å². The van der Waals surface area contributed by atoms with Crippen molar-refractivity contribution in [3.8, 4) is 22.8 Å². The fourth-order valence-electron chi connectivity index (χ4n) is 2.87. The van der Waals surface area contributed by atoms with Gasteiger partial charge in [-0.3, -0.25) is 9.78 Å². The molecule has 0 atom stereocenters. The summed E-state index contributed by atoms with van der Waals surface area (Å²) in [7, 11) is 1.70. The summed E-state index contributed by atoms with van der Waals surface area (Å²) in [4.78, 5) is 24.6. The Kier molecular flexibility index (Phi) is 4.64. The van der Waals surface area contributed by atoms with Gasteiger partial charge >= 0.3 is 0 Å². The van der Waals surface area contributed by atoms with Crippen LogP contribution in [0.15, 0.2) is 36.8 Å². The number of aromatic nitrogens is 3. The molecule has 28 heavy (non-hydrogen) atoms. The molecule has 1 aromatic carbocycles. The summed E-state index contributed by atoms with van der Waals surface area (Å²) in [6.07, 6.45) is 4.37. The zero-order valence-electron chi connectivity index (χ0n) is 15.3. The van der Waals surface area contributed by atoms with Crippen molar-refractivity contribution in [2.45, 2.75) is 6.92 Å². The lowest BCUT2D eigenvalue weighted by molar-refractivity contribution is 0.101. The monoisotopic (exact) mass is 378 g/mol. The molecule has 3 aromatic rings. The summed E-state index contributed by atoms with van der Waals surface area (Å²) in [6.45, 7) is 2.96. The van der Waals surface area contributed by atoms with Crippen molar-refractivity contribution in [3.63, 3.8) is 0 Å². The van der Waals surface area contributed by atoms with Crippen LogP contribution in [0, 0.1) is 12.7 Å². The molecule has 1 N–H and O–H groups in total. The average Bonchev–Trinajstić information content (AvgIpc) is 2.68. The topological polar surface area (TPSA) is 86.2 Å². The maximum atomic E-state index is 13.9. The number of hydrogen-bond donors (Lipinski definition) is 1. The number of hydrogen-bond acceptors (Lipinski definition) is 6. The van der Waals surface area contributed by atoms with Gasteiger partial charge < -0.3 is 14.8 Å². The molecule has 1 aliphatic rings. The van der Waals surface area contributed by atoms with Gasteiger partial charge in [-0.2, -0.15) is 0 Å². The van der Waals surface area contributed by atoms with E-state index in [9.17, 15) is 9.18 Å². The van der Waals surface area contributed by atoms with Crippen LogP contribution in [0.3, 0.4) is 0 Å². The zero-order chi connectivity index (χ0) is 19.7. The van der Waals surface area contributed by atoms with E-state index in [-0.39, 0.29) is 11.5 Å². The fraction of sp³-hybridized carbons (Fsp3) is 0.158. The van der Waals surface area contributed by atoms with E-state index in [1.54, 1.807) is 7.85 Å². The van der Waals surface area contributed by atoms with Gasteiger partial charge in [-0.05, 0) is 30.7 Å². The third-order valence-electron chi connectivity index (χ3n) is 4.25. The molecular formula is C19H16BFN4O3. The number of pyridine rings is 1. The summed E-state index contributed by atoms with van der Waals surface area (Å²) < 4.78 is 25.1. The van der Waals surface area contributed by atoms with E-state index in [4.69, 9.17) is 9.47 Å². The molecule has 7 nitrogen and oxygen atoms in total. The van der Waals surface area contributed by atoms with Gasteiger partial charge in [-0.25, -0.2) is 14.4 Å². The molecule has 140 valence electrons. The number of rotatable bonds is 3. The highest BCUT2D eigenvalue weighted by atomic mass is 19.1. The minimum Gasteiger partial charge on any atom is -0.486 e. The van der Waals surface area contributed by atoms with E-state index in [0.29, 0.717) is 35.9 Å². The van der Waals surface area contributed by atoms with Crippen LogP contribution in [0.25, 0.3) is 11.3 Å².